The molecule has 0 saturated heterocycles. The summed E-state index contributed by atoms with van der Waals surface area (Å²) in [6, 6.07) is 3.81. The molecule has 1 aromatic rings. The van der Waals surface area contributed by atoms with Gasteiger partial charge >= 0.3 is 0 Å². The van der Waals surface area contributed by atoms with E-state index < -0.39 is 10.0 Å². The molecule has 2 rings (SSSR count). The quantitative estimate of drug-likeness (QED) is 0.798. The topological polar surface area (TPSA) is 59.1 Å². The summed E-state index contributed by atoms with van der Waals surface area (Å²) in [5, 5.41) is -0.306. The van der Waals surface area contributed by atoms with Crippen LogP contribution in [0.3, 0.4) is 0 Å². The lowest BCUT2D eigenvalue weighted by Gasteiger charge is -2.23. The molecule has 4 nitrogen and oxygen atoms in total. The highest BCUT2D eigenvalue weighted by molar-refractivity contribution is 7.90. The van der Waals surface area contributed by atoms with E-state index in [0.717, 1.165) is 17.7 Å². The van der Waals surface area contributed by atoms with Crippen molar-refractivity contribution in [2.75, 3.05) is 7.05 Å². The average molecular weight is 226 g/mol. The van der Waals surface area contributed by atoms with Crippen molar-refractivity contribution in [3.05, 3.63) is 29.6 Å². The minimum atomic E-state index is -3.14. The molecule has 1 N–H and O–H groups in total. The molecule has 0 aliphatic heterocycles. The van der Waals surface area contributed by atoms with Gasteiger partial charge in [0.25, 0.3) is 0 Å². The summed E-state index contributed by atoms with van der Waals surface area (Å²) in [5.74, 6) is 0. The van der Waals surface area contributed by atoms with Gasteiger partial charge in [-0.1, -0.05) is 6.07 Å². The van der Waals surface area contributed by atoms with Crippen LogP contribution in [0.2, 0.25) is 0 Å². The Hall–Kier alpha value is -0.940. The normalized spacial score (nSPS) is 21.0. The van der Waals surface area contributed by atoms with Crippen LogP contribution >= 0.6 is 0 Å². The van der Waals surface area contributed by atoms with Crippen LogP contribution in [0, 0.1) is 0 Å². The highest BCUT2D eigenvalue weighted by Gasteiger charge is 2.28. The van der Waals surface area contributed by atoms with Gasteiger partial charge in [-0.05, 0) is 37.9 Å². The third-order valence-corrected chi connectivity index (χ3v) is 4.71. The maximum Gasteiger partial charge on any atom is 0.214 e. The van der Waals surface area contributed by atoms with Gasteiger partial charge in [0.1, 0.15) is 0 Å². The van der Waals surface area contributed by atoms with E-state index in [4.69, 9.17) is 0 Å². The second-order valence-electron chi connectivity index (χ2n) is 3.72. The molecule has 1 atom stereocenters. The standard InChI is InChI=1S/C10H14N2O2S/c1-11-15(13,14)9-4-5-10-8(7-9)3-2-6-12-10/h2-3,6,9,11H,4-5,7H2,1H3. The molecule has 0 fully saturated rings. The molecule has 1 aromatic heterocycles. The molecule has 0 amide bonds. The van der Waals surface area contributed by atoms with Crippen molar-refractivity contribution >= 4 is 10.0 Å². The maximum atomic E-state index is 11.6. The van der Waals surface area contributed by atoms with Crippen molar-refractivity contribution in [2.24, 2.45) is 0 Å². The maximum absolute atomic E-state index is 11.6. The van der Waals surface area contributed by atoms with E-state index in [-0.39, 0.29) is 5.25 Å². The molecule has 1 heterocycles. The summed E-state index contributed by atoms with van der Waals surface area (Å²) in [5.41, 5.74) is 2.10. The van der Waals surface area contributed by atoms with Crippen molar-refractivity contribution in [1.29, 1.82) is 0 Å². The minimum absolute atomic E-state index is 0.306. The van der Waals surface area contributed by atoms with Crippen molar-refractivity contribution < 1.29 is 8.42 Å². The summed E-state index contributed by atoms with van der Waals surface area (Å²) in [6.07, 6.45) is 3.74. The first-order valence-electron chi connectivity index (χ1n) is 4.98. The Morgan fingerprint density at radius 2 is 2.33 bits per heavy atom. The van der Waals surface area contributed by atoms with Gasteiger partial charge in [-0.15, -0.1) is 0 Å². The van der Waals surface area contributed by atoms with Crippen LogP contribution in [-0.4, -0.2) is 25.7 Å². The SMILES string of the molecule is CNS(=O)(=O)C1CCc2ncccc2C1. The Kier molecular flexibility index (Phi) is 2.75. The Morgan fingerprint density at radius 1 is 1.53 bits per heavy atom. The Labute approximate surface area is 89.8 Å². The first-order valence-corrected chi connectivity index (χ1v) is 6.53. The zero-order valence-electron chi connectivity index (χ0n) is 8.60. The third-order valence-electron chi connectivity index (χ3n) is 2.86. The molecule has 1 unspecified atom stereocenters. The number of nitrogens with one attached hydrogen (secondary N) is 1. The number of pyridine rings is 1. The Morgan fingerprint density at radius 3 is 3.07 bits per heavy atom. The van der Waals surface area contributed by atoms with Crippen LogP contribution < -0.4 is 4.72 Å². The summed E-state index contributed by atoms with van der Waals surface area (Å²) >= 11 is 0. The first-order chi connectivity index (χ1) is 7.13. The van der Waals surface area contributed by atoms with E-state index in [9.17, 15) is 8.42 Å². The van der Waals surface area contributed by atoms with Gasteiger partial charge in [-0.2, -0.15) is 0 Å². The lowest BCUT2D eigenvalue weighted by atomic mass is 9.96. The van der Waals surface area contributed by atoms with Crippen LogP contribution in [0.1, 0.15) is 17.7 Å². The molecule has 15 heavy (non-hydrogen) atoms. The van der Waals surface area contributed by atoms with Crippen molar-refractivity contribution in [2.45, 2.75) is 24.5 Å². The van der Waals surface area contributed by atoms with E-state index in [2.05, 4.69) is 9.71 Å². The third kappa shape index (κ3) is 2.03. The predicted molar refractivity (Wildman–Crippen MR) is 58.0 cm³/mol. The Bertz CT molecular complexity index is 456. The van der Waals surface area contributed by atoms with E-state index in [0.29, 0.717) is 12.8 Å². The van der Waals surface area contributed by atoms with Gasteiger partial charge in [-0.3, -0.25) is 4.98 Å². The number of nitrogens with zero attached hydrogens (tertiary/aromatic N) is 1. The van der Waals surface area contributed by atoms with E-state index >= 15 is 0 Å². The van der Waals surface area contributed by atoms with E-state index in [1.54, 1.807) is 6.20 Å². The molecular formula is C10H14N2O2S. The van der Waals surface area contributed by atoms with Crippen LogP contribution in [-0.2, 0) is 22.9 Å². The second kappa shape index (κ2) is 3.90. The number of fused-ring (bicyclic) bond motifs is 1. The van der Waals surface area contributed by atoms with Gasteiger partial charge in [0.2, 0.25) is 10.0 Å². The lowest BCUT2D eigenvalue weighted by Crippen LogP contribution is -2.36. The fraction of sp³-hybridized carbons (Fsp3) is 0.500. The predicted octanol–water partition coefficient (Wildman–Crippen LogP) is 0.488. The second-order valence-corrected chi connectivity index (χ2v) is 5.89. The Balaban J connectivity index is 2.27. The first kappa shape index (κ1) is 10.6. The molecule has 0 radical (unpaired) electrons. The summed E-state index contributed by atoms with van der Waals surface area (Å²) in [7, 11) is -1.68. The molecule has 1 aliphatic rings. The molecule has 1 aliphatic carbocycles. The summed E-state index contributed by atoms with van der Waals surface area (Å²) in [4.78, 5) is 4.25. The number of hydrogen-bond donors (Lipinski definition) is 1. The van der Waals surface area contributed by atoms with Crippen LogP contribution in [0.25, 0.3) is 0 Å². The molecule has 0 saturated carbocycles. The molecule has 0 spiro atoms. The fourth-order valence-corrected chi connectivity index (χ4v) is 3.12. The highest BCUT2D eigenvalue weighted by atomic mass is 32.2. The number of rotatable bonds is 2. The van der Waals surface area contributed by atoms with Crippen molar-refractivity contribution in [1.82, 2.24) is 9.71 Å². The van der Waals surface area contributed by atoms with Gasteiger partial charge < -0.3 is 0 Å². The lowest BCUT2D eigenvalue weighted by molar-refractivity contribution is 0.551. The van der Waals surface area contributed by atoms with E-state index in [1.807, 2.05) is 12.1 Å². The highest BCUT2D eigenvalue weighted by Crippen LogP contribution is 2.23. The summed E-state index contributed by atoms with van der Waals surface area (Å²) < 4.78 is 25.7. The van der Waals surface area contributed by atoms with E-state index in [1.165, 1.54) is 7.05 Å². The average Bonchev–Trinajstić information content (AvgIpc) is 2.28. The minimum Gasteiger partial charge on any atom is -0.261 e. The van der Waals surface area contributed by atoms with Gasteiger partial charge in [0.15, 0.2) is 0 Å². The largest absolute Gasteiger partial charge is 0.261 e. The van der Waals surface area contributed by atoms with Gasteiger partial charge in [0.05, 0.1) is 5.25 Å². The van der Waals surface area contributed by atoms with Crippen molar-refractivity contribution in [3.63, 3.8) is 0 Å². The number of hydrogen-bond acceptors (Lipinski definition) is 3. The molecule has 5 heteroatoms. The zero-order valence-corrected chi connectivity index (χ0v) is 9.42. The van der Waals surface area contributed by atoms with Gasteiger partial charge in [0, 0.05) is 11.9 Å². The van der Waals surface area contributed by atoms with Crippen LogP contribution in [0.4, 0.5) is 0 Å². The molecular weight excluding hydrogens is 212 g/mol. The number of aryl methyl sites for hydroxylation is 1. The molecule has 0 aromatic carbocycles. The monoisotopic (exact) mass is 226 g/mol. The smallest absolute Gasteiger partial charge is 0.214 e. The van der Waals surface area contributed by atoms with Crippen LogP contribution in [0.5, 0.6) is 0 Å². The fourth-order valence-electron chi connectivity index (χ4n) is 1.96. The number of sulfonamides is 1. The number of aromatic nitrogens is 1. The summed E-state index contributed by atoms with van der Waals surface area (Å²) in [6.45, 7) is 0. The van der Waals surface area contributed by atoms with Gasteiger partial charge in [-0.25, -0.2) is 13.1 Å². The zero-order chi connectivity index (χ0) is 10.9. The van der Waals surface area contributed by atoms with Crippen molar-refractivity contribution in [3.8, 4) is 0 Å². The molecule has 0 bridgehead atoms. The molecule has 82 valence electrons. The van der Waals surface area contributed by atoms with Crippen LogP contribution in [0.15, 0.2) is 18.3 Å².